The van der Waals surface area contributed by atoms with E-state index in [-0.39, 0.29) is 34.7 Å². The van der Waals surface area contributed by atoms with E-state index in [4.69, 9.17) is 0 Å². The Balaban J connectivity index is 1.51. The first-order valence-electron chi connectivity index (χ1n) is 11.4. The van der Waals surface area contributed by atoms with Gasteiger partial charge in [-0.25, -0.2) is 8.42 Å². The lowest BCUT2D eigenvalue weighted by Crippen LogP contribution is -2.49. The maximum absolute atomic E-state index is 13.5. The lowest BCUT2D eigenvalue weighted by Gasteiger charge is -2.42. The Kier molecular flexibility index (Phi) is 5.79. The molecule has 5 rings (SSSR count). The molecule has 1 aromatic heterocycles. The minimum absolute atomic E-state index is 0.0214. The van der Waals surface area contributed by atoms with Crippen LogP contribution in [0.25, 0.3) is 11.1 Å². The Hall–Kier alpha value is -3.74. The van der Waals surface area contributed by atoms with Gasteiger partial charge in [0, 0.05) is 55.5 Å². The second-order valence-electron chi connectivity index (χ2n) is 9.10. The maximum Gasteiger partial charge on any atom is 0.250 e. The second-order valence-corrected chi connectivity index (χ2v) is 11.0. The first-order valence-corrected chi connectivity index (χ1v) is 12.8. The molecule has 178 valence electrons. The highest BCUT2D eigenvalue weighted by Crippen LogP contribution is 2.41. The van der Waals surface area contributed by atoms with Crippen LogP contribution >= 0.6 is 0 Å². The Morgan fingerprint density at radius 3 is 2.54 bits per heavy atom. The van der Waals surface area contributed by atoms with Gasteiger partial charge < -0.3 is 9.88 Å². The number of benzene rings is 2. The fraction of sp³-hybridized carbons (Fsp3) is 0.269. The lowest BCUT2D eigenvalue weighted by atomic mass is 9.81. The van der Waals surface area contributed by atoms with E-state index >= 15 is 0 Å². The number of carbonyl (C=O) groups excluding carboxylic acids is 1. The topological polar surface area (TPSA) is 112 Å². The molecule has 8 nitrogen and oxygen atoms in total. The van der Waals surface area contributed by atoms with Crippen molar-refractivity contribution in [3.63, 3.8) is 0 Å². The van der Waals surface area contributed by atoms with Crippen LogP contribution in [0.15, 0.2) is 70.4 Å². The van der Waals surface area contributed by atoms with Crippen molar-refractivity contribution in [1.29, 1.82) is 5.26 Å². The molecule has 0 saturated carbocycles. The van der Waals surface area contributed by atoms with Crippen LogP contribution in [-0.2, 0) is 21.4 Å². The summed E-state index contributed by atoms with van der Waals surface area (Å²) in [5.41, 5.74) is 3.47. The summed E-state index contributed by atoms with van der Waals surface area (Å²) >= 11 is 0. The van der Waals surface area contributed by atoms with Gasteiger partial charge in [0.2, 0.25) is 15.9 Å². The smallest absolute Gasteiger partial charge is 0.250 e. The minimum Gasteiger partial charge on any atom is -0.326 e. The molecular weight excluding hydrogens is 464 g/mol. The van der Waals surface area contributed by atoms with E-state index in [1.54, 1.807) is 41.0 Å². The molecule has 3 aromatic rings. The zero-order chi connectivity index (χ0) is 24.7. The van der Waals surface area contributed by atoms with E-state index < -0.39 is 10.0 Å². The van der Waals surface area contributed by atoms with Crippen molar-refractivity contribution < 1.29 is 13.2 Å². The number of sulfonamides is 1. The van der Waals surface area contributed by atoms with E-state index in [9.17, 15) is 23.3 Å². The SMILES string of the molecule is CC(=O)Nc1ccc(S(=O)(=O)N2CC3CC(C2)c2c(-c4cccc(C#N)c4)ccc(=O)n2C3)cc1. The highest BCUT2D eigenvalue weighted by Gasteiger charge is 2.40. The van der Waals surface area contributed by atoms with Gasteiger partial charge in [-0.2, -0.15) is 9.57 Å². The fourth-order valence-electron chi connectivity index (χ4n) is 5.23. The summed E-state index contributed by atoms with van der Waals surface area (Å²) in [5, 5.41) is 12.0. The number of anilines is 1. The predicted molar refractivity (Wildman–Crippen MR) is 131 cm³/mol. The quantitative estimate of drug-likeness (QED) is 0.606. The number of hydrogen-bond donors (Lipinski definition) is 1. The molecule has 35 heavy (non-hydrogen) atoms. The molecule has 2 aromatic carbocycles. The summed E-state index contributed by atoms with van der Waals surface area (Å²) in [6, 6.07) is 18.9. The van der Waals surface area contributed by atoms with Crippen LogP contribution in [0.3, 0.4) is 0 Å². The number of piperidine rings is 1. The number of pyridine rings is 1. The van der Waals surface area contributed by atoms with Crippen molar-refractivity contribution in [1.82, 2.24) is 8.87 Å². The Morgan fingerprint density at radius 1 is 1.06 bits per heavy atom. The molecule has 2 aliphatic heterocycles. The van der Waals surface area contributed by atoms with Gasteiger partial charge in [-0.05, 0) is 60.4 Å². The first kappa shape index (κ1) is 23.0. The summed E-state index contributed by atoms with van der Waals surface area (Å²) in [6.07, 6.45) is 0.794. The van der Waals surface area contributed by atoms with Crippen molar-refractivity contribution in [2.24, 2.45) is 5.92 Å². The summed E-state index contributed by atoms with van der Waals surface area (Å²) in [5.74, 6) is -0.354. The molecule has 9 heteroatoms. The molecule has 2 aliphatic rings. The molecule has 2 atom stereocenters. The number of amides is 1. The van der Waals surface area contributed by atoms with Crippen molar-refractivity contribution in [3.05, 3.63) is 82.3 Å². The molecule has 1 fully saturated rings. The van der Waals surface area contributed by atoms with Crippen molar-refractivity contribution in [2.45, 2.75) is 30.7 Å². The highest BCUT2D eigenvalue weighted by molar-refractivity contribution is 7.89. The summed E-state index contributed by atoms with van der Waals surface area (Å²) in [4.78, 5) is 24.2. The number of nitriles is 1. The van der Waals surface area contributed by atoms with E-state index in [1.165, 1.54) is 23.4 Å². The molecule has 1 saturated heterocycles. The van der Waals surface area contributed by atoms with Crippen LogP contribution in [0.4, 0.5) is 5.69 Å². The van der Waals surface area contributed by atoms with Crippen LogP contribution in [0, 0.1) is 17.2 Å². The molecule has 1 amide bonds. The van der Waals surface area contributed by atoms with Crippen molar-refractivity contribution >= 4 is 21.6 Å². The molecule has 2 unspecified atom stereocenters. The zero-order valence-electron chi connectivity index (χ0n) is 19.1. The summed E-state index contributed by atoms with van der Waals surface area (Å²) in [6.45, 7) is 2.45. The number of carbonyl (C=O) groups is 1. The van der Waals surface area contributed by atoms with Crippen LogP contribution in [0.5, 0.6) is 0 Å². The molecule has 3 heterocycles. The lowest BCUT2D eigenvalue weighted by molar-refractivity contribution is -0.114. The maximum atomic E-state index is 13.5. The zero-order valence-corrected chi connectivity index (χ0v) is 20.0. The van der Waals surface area contributed by atoms with Gasteiger partial charge in [0.05, 0.1) is 16.5 Å². The summed E-state index contributed by atoms with van der Waals surface area (Å²) in [7, 11) is -3.76. The predicted octanol–water partition coefficient (Wildman–Crippen LogP) is 3.15. The number of fused-ring (bicyclic) bond motifs is 4. The number of nitrogens with zero attached hydrogens (tertiary/aromatic N) is 3. The van der Waals surface area contributed by atoms with Gasteiger partial charge in [-0.1, -0.05) is 12.1 Å². The number of rotatable bonds is 4. The van der Waals surface area contributed by atoms with Gasteiger partial charge in [0.1, 0.15) is 0 Å². The second kappa shape index (κ2) is 8.80. The van der Waals surface area contributed by atoms with Crippen LogP contribution in [-0.4, -0.2) is 36.3 Å². The molecule has 0 radical (unpaired) electrons. The number of nitrogens with one attached hydrogen (secondary N) is 1. The largest absolute Gasteiger partial charge is 0.326 e. The molecule has 0 spiro atoms. The summed E-state index contributed by atoms with van der Waals surface area (Å²) < 4.78 is 30.3. The average molecular weight is 489 g/mol. The minimum atomic E-state index is -3.76. The van der Waals surface area contributed by atoms with Gasteiger partial charge >= 0.3 is 0 Å². The molecular formula is C26H24N4O4S. The van der Waals surface area contributed by atoms with Gasteiger partial charge in [-0.15, -0.1) is 0 Å². The van der Waals surface area contributed by atoms with Gasteiger partial charge in [0.15, 0.2) is 0 Å². The van der Waals surface area contributed by atoms with E-state index in [0.717, 1.165) is 23.2 Å². The van der Waals surface area contributed by atoms with Gasteiger partial charge in [-0.3, -0.25) is 9.59 Å². The molecule has 0 aliphatic carbocycles. The standard InChI is InChI=1S/C26H24N4O4S/c1-17(31)28-22-5-7-23(8-6-22)35(33,34)29-14-19-12-21(16-29)26-24(9-10-25(32)30(26)15-19)20-4-2-3-18(11-20)13-27/h2-11,19,21H,12,14-16H2,1H3,(H,28,31). The van der Waals surface area contributed by atoms with Crippen LogP contribution in [0.1, 0.15) is 30.5 Å². The normalized spacial score (nSPS) is 19.4. The van der Waals surface area contributed by atoms with Crippen LogP contribution in [0.2, 0.25) is 0 Å². The van der Waals surface area contributed by atoms with Crippen LogP contribution < -0.4 is 10.9 Å². The Labute approximate surface area is 203 Å². The monoisotopic (exact) mass is 488 g/mol. The molecule has 2 bridgehead atoms. The average Bonchev–Trinajstić information content (AvgIpc) is 2.84. The molecule has 1 N–H and O–H groups in total. The van der Waals surface area contributed by atoms with Gasteiger partial charge in [0.25, 0.3) is 5.56 Å². The van der Waals surface area contributed by atoms with Crippen molar-refractivity contribution in [3.8, 4) is 17.2 Å². The first-order chi connectivity index (χ1) is 16.8. The van der Waals surface area contributed by atoms with E-state index in [1.807, 2.05) is 12.1 Å². The third kappa shape index (κ3) is 4.27. The highest BCUT2D eigenvalue weighted by atomic mass is 32.2. The van der Waals surface area contributed by atoms with E-state index in [0.29, 0.717) is 24.3 Å². The number of aromatic nitrogens is 1. The Bertz CT molecular complexity index is 1520. The van der Waals surface area contributed by atoms with E-state index in [2.05, 4.69) is 11.4 Å². The fourth-order valence-corrected chi connectivity index (χ4v) is 6.79. The van der Waals surface area contributed by atoms with Crippen molar-refractivity contribution in [2.75, 3.05) is 18.4 Å². The third-order valence-electron chi connectivity index (χ3n) is 6.67. The number of hydrogen-bond acceptors (Lipinski definition) is 5. The third-order valence-corrected chi connectivity index (χ3v) is 8.52. The Morgan fingerprint density at radius 2 is 1.83 bits per heavy atom.